The molecule has 1 aliphatic carbocycles. The summed E-state index contributed by atoms with van der Waals surface area (Å²) in [5, 5.41) is 12.7. The van der Waals surface area contributed by atoms with Crippen molar-refractivity contribution in [3.05, 3.63) is 53.4 Å². The van der Waals surface area contributed by atoms with Gasteiger partial charge in [-0.1, -0.05) is 12.1 Å². The lowest BCUT2D eigenvalue weighted by Gasteiger charge is -2.23. The zero-order chi connectivity index (χ0) is 22.7. The zero-order valence-electron chi connectivity index (χ0n) is 17.2. The van der Waals surface area contributed by atoms with Gasteiger partial charge >= 0.3 is 5.97 Å². The molecule has 0 saturated heterocycles. The second kappa shape index (κ2) is 9.60. The van der Waals surface area contributed by atoms with Gasteiger partial charge in [-0.05, 0) is 54.5 Å². The van der Waals surface area contributed by atoms with Gasteiger partial charge in [0, 0.05) is 6.20 Å². The first kappa shape index (κ1) is 22.1. The van der Waals surface area contributed by atoms with E-state index in [2.05, 4.69) is 10.3 Å². The number of halogens is 3. The van der Waals surface area contributed by atoms with Gasteiger partial charge in [0.25, 0.3) is 6.43 Å². The number of aromatic nitrogens is 1. The fourth-order valence-electron chi connectivity index (χ4n) is 3.60. The average Bonchev–Trinajstić information content (AvgIpc) is 3.64. The molecular formula is C23H23F3N2O4. The van der Waals surface area contributed by atoms with Crippen LogP contribution in [-0.2, 0) is 4.74 Å². The maximum absolute atomic E-state index is 13.3. The Bertz CT molecular complexity index is 1020. The van der Waals surface area contributed by atoms with Crippen LogP contribution in [0.1, 0.15) is 46.8 Å². The summed E-state index contributed by atoms with van der Waals surface area (Å²) in [5.41, 5.74) is 2.53. The Morgan fingerprint density at radius 3 is 2.72 bits per heavy atom. The van der Waals surface area contributed by atoms with Crippen molar-refractivity contribution in [1.82, 2.24) is 4.98 Å². The lowest BCUT2D eigenvalue weighted by atomic mass is 10.0. The zero-order valence-corrected chi connectivity index (χ0v) is 17.2. The van der Waals surface area contributed by atoms with Crippen LogP contribution in [0.4, 0.5) is 24.5 Å². The third kappa shape index (κ3) is 4.88. The third-order valence-electron chi connectivity index (χ3n) is 5.47. The van der Waals surface area contributed by atoms with Crippen LogP contribution in [-0.4, -0.2) is 48.5 Å². The Morgan fingerprint density at radius 2 is 2.09 bits per heavy atom. The van der Waals surface area contributed by atoms with Crippen LogP contribution in [0.25, 0.3) is 5.57 Å². The summed E-state index contributed by atoms with van der Waals surface area (Å²) in [7, 11) is 0. The minimum atomic E-state index is -3.04. The lowest BCUT2D eigenvalue weighted by Crippen LogP contribution is -2.28. The molecule has 4 rings (SSSR count). The number of aromatic carboxylic acids is 1. The smallest absolute Gasteiger partial charge is 0.337 e. The maximum Gasteiger partial charge on any atom is 0.337 e. The standard InChI is InChI=1S/C23H23F3N2O4/c24-12-19(22(25)26)32-21-18(5-8-27-20(21)14-6-9-31-10-7-14)28-17-4-3-15(13-1-2-13)11-16(17)23(29)30/h3-6,8,11,13,19,22H,1-2,7,9-10,12H2,(H,27,28)(H,29,30). The minimum Gasteiger partial charge on any atom is -0.478 e. The number of hydrogen-bond donors (Lipinski definition) is 2. The Labute approximate surface area is 183 Å². The molecule has 1 aromatic heterocycles. The fraction of sp³-hybridized carbons (Fsp3) is 0.391. The van der Waals surface area contributed by atoms with E-state index in [1.165, 1.54) is 12.3 Å². The van der Waals surface area contributed by atoms with Crippen LogP contribution in [0, 0.1) is 0 Å². The highest BCUT2D eigenvalue weighted by Gasteiger charge is 2.28. The van der Waals surface area contributed by atoms with E-state index in [4.69, 9.17) is 9.47 Å². The van der Waals surface area contributed by atoms with E-state index in [1.54, 1.807) is 18.2 Å². The number of ether oxygens (including phenoxy) is 2. The van der Waals surface area contributed by atoms with Crippen LogP contribution in [0.5, 0.6) is 5.75 Å². The molecule has 0 amide bonds. The SMILES string of the molecule is O=C(O)c1cc(C2CC2)ccc1Nc1ccnc(C2=CCOCC2)c1OC(CF)C(F)F. The highest BCUT2D eigenvalue weighted by Crippen LogP contribution is 2.42. The van der Waals surface area contributed by atoms with E-state index in [9.17, 15) is 23.1 Å². The molecule has 2 aliphatic rings. The molecule has 0 bridgehead atoms. The summed E-state index contributed by atoms with van der Waals surface area (Å²) in [6.45, 7) is -0.622. The van der Waals surface area contributed by atoms with E-state index in [0.717, 1.165) is 24.0 Å². The number of nitrogens with zero attached hydrogens (tertiary/aromatic N) is 1. The number of carboxylic acid groups (broad SMARTS) is 1. The Hall–Kier alpha value is -3.07. The molecule has 1 atom stereocenters. The summed E-state index contributed by atoms with van der Waals surface area (Å²) in [5.74, 6) is -0.801. The molecule has 1 aliphatic heterocycles. The van der Waals surface area contributed by atoms with Crippen LogP contribution in [0.2, 0.25) is 0 Å². The Balaban J connectivity index is 1.75. The number of nitrogens with one attached hydrogen (secondary N) is 1. The number of carbonyl (C=O) groups is 1. The van der Waals surface area contributed by atoms with Gasteiger partial charge in [-0.15, -0.1) is 0 Å². The third-order valence-corrected chi connectivity index (χ3v) is 5.47. The second-order valence-electron chi connectivity index (χ2n) is 7.75. The van der Waals surface area contributed by atoms with E-state index < -0.39 is 25.2 Å². The summed E-state index contributed by atoms with van der Waals surface area (Å²) >= 11 is 0. The minimum absolute atomic E-state index is 0.0498. The van der Waals surface area contributed by atoms with Gasteiger partial charge in [0.05, 0.1) is 30.2 Å². The van der Waals surface area contributed by atoms with Gasteiger partial charge < -0.3 is 19.9 Å². The van der Waals surface area contributed by atoms with Crippen LogP contribution in [0.15, 0.2) is 36.5 Å². The molecule has 1 fully saturated rings. The maximum atomic E-state index is 13.3. The number of anilines is 2. The number of pyridine rings is 1. The molecule has 9 heteroatoms. The molecule has 2 aromatic rings. The topological polar surface area (TPSA) is 80.7 Å². The highest BCUT2D eigenvalue weighted by atomic mass is 19.3. The first-order valence-corrected chi connectivity index (χ1v) is 10.4. The van der Waals surface area contributed by atoms with Crippen molar-refractivity contribution in [3.8, 4) is 5.75 Å². The summed E-state index contributed by atoms with van der Waals surface area (Å²) < 4.78 is 50.6. The monoisotopic (exact) mass is 448 g/mol. The Morgan fingerprint density at radius 1 is 1.28 bits per heavy atom. The number of hydrogen-bond acceptors (Lipinski definition) is 5. The van der Waals surface area contributed by atoms with Gasteiger partial charge in [-0.25, -0.2) is 18.0 Å². The summed E-state index contributed by atoms with van der Waals surface area (Å²) in [4.78, 5) is 16.1. The predicted octanol–water partition coefficient (Wildman–Crippen LogP) is 5.19. The van der Waals surface area contributed by atoms with Crippen molar-refractivity contribution in [1.29, 1.82) is 0 Å². The fourth-order valence-corrected chi connectivity index (χ4v) is 3.60. The van der Waals surface area contributed by atoms with Crippen LogP contribution >= 0.6 is 0 Å². The molecule has 0 radical (unpaired) electrons. The van der Waals surface area contributed by atoms with E-state index >= 15 is 0 Å². The molecule has 1 unspecified atom stereocenters. The molecule has 1 aromatic carbocycles. The average molecular weight is 448 g/mol. The largest absolute Gasteiger partial charge is 0.478 e. The summed E-state index contributed by atoms with van der Waals surface area (Å²) in [6, 6.07) is 6.60. The predicted molar refractivity (Wildman–Crippen MR) is 113 cm³/mol. The summed E-state index contributed by atoms with van der Waals surface area (Å²) in [6.07, 6.45) is 0.739. The van der Waals surface area contributed by atoms with Crippen molar-refractivity contribution in [2.75, 3.05) is 25.2 Å². The lowest BCUT2D eigenvalue weighted by molar-refractivity contribution is -0.00113. The number of benzene rings is 1. The molecule has 2 N–H and O–H groups in total. The van der Waals surface area contributed by atoms with Crippen molar-refractivity contribution in [2.24, 2.45) is 0 Å². The number of alkyl halides is 3. The molecule has 2 heterocycles. The molecule has 170 valence electrons. The Kier molecular flexibility index (Phi) is 6.64. The quantitative estimate of drug-likeness (QED) is 0.550. The van der Waals surface area contributed by atoms with Crippen LogP contribution in [0.3, 0.4) is 0 Å². The van der Waals surface area contributed by atoms with Gasteiger partial charge in [-0.2, -0.15) is 0 Å². The van der Waals surface area contributed by atoms with Crippen molar-refractivity contribution >= 4 is 22.9 Å². The first-order chi connectivity index (χ1) is 15.5. The van der Waals surface area contributed by atoms with Gasteiger partial charge in [-0.3, -0.25) is 4.98 Å². The molecular weight excluding hydrogens is 425 g/mol. The van der Waals surface area contributed by atoms with Crippen molar-refractivity contribution in [3.63, 3.8) is 0 Å². The van der Waals surface area contributed by atoms with Crippen molar-refractivity contribution < 1.29 is 32.5 Å². The van der Waals surface area contributed by atoms with Gasteiger partial charge in [0.1, 0.15) is 12.4 Å². The van der Waals surface area contributed by atoms with Gasteiger partial charge in [0.15, 0.2) is 11.9 Å². The van der Waals surface area contributed by atoms with E-state index in [1.807, 2.05) is 6.07 Å². The van der Waals surface area contributed by atoms with E-state index in [-0.39, 0.29) is 22.7 Å². The number of rotatable bonds is 9. The van der Waals surface area contributed by atoms with Crippen LogP contribution < -0.4 is 10.1 Å². The first-order valence-electron chi connectivity index (χ1n) is 10.4. The van der Waals surface area contributed by atoms with Crippen molar-refractivity contribution in [2.45, 2.75) is 37.7 Å². The van der Waals surface area contributed by atoms with E-state index in [0.29, 0.717) is 31.2 Å². The number of carboxylic acids is 1. The normalized spacial score (nSPS) is 17.1. The van der Waals surface area contributed by atoms with Gasteiger partial charge in [0.2, 0.25) is 0 Å². The molecule has 32 heavy (non-hydrogen) atoms. The second-order valence-corrected chi connectivity index (χ2v) is 7.75. The highest BCUT2D eigenvalue weighted by molar-refractivity contribution is 5.96. The molecule has 0 spiro atoms. The molecule has 1 saturated carbocycles. The molecule has 6 nitrogen and oxygen atoms in total.